The summed E-state index contributed by atoms with van der Waals surface area (Å²) in [5.41, 5.74) is 4.13. The third kappa shape index (κ3) is 6.21. The molecule has 0 aliphatic carbocycles. The zero-order valence-electron chi connectivity index (χ0n) is 20.7. The second kappa shape index (κ2) is 10.8. The summed E-state index contributed by atoms with van der Waals surface area (Å²) in [6.45, 7) is 11.6. The Labute approximate surface area is 203 Å². The summed E-state index contributed by atoms with van der Waals surface area (Å²) in [5, 5.41) is 3.43. The van der Waals surface area contributed by atoms with Crippen LogP contribution in [0.2, 0.25) is 5.02 Å². The van der Waals surface area contributed by atoms with E-state index >= 15 is 0 Å². The van der Waals surface area contributed by atoms with Crippen LogP contribution in [-0.4, -0.2) is 33.7 Å². The number of carbonyl (C=O) groups excluding carboxylic acids is 1. The number of nitrogens with zero attached hydrogens (tertiary/aromatic N) is 1. The Morgan fingerprint density at radius 1 is 1.09 bits per heavy atom. The first-order valence-corrected chi connectivity index (χ1v) is 13.3. The van der Waals surface area contributed by atoms with Crippen LogP contribution < -0.4 is 14.4 Å². The highest BCUT2D eigenvalue weighted by Gasteiger charge is 2.33. The number of rotatable bonds is 9. The predicted molar refractivity (Wildman–Crippen MR) is 136 cm³/mol. The maximum Gasteiger partial charge on any atom is 0.244 e. The molecular weight excluding hydrogens is 460 g/mol. The lowest BCUT2D eigenvalue weighted by atomic mass is 9.93. The lowest BCUT2D eigenvalue weighted by molar-refractivity contribution is -0.122. The summed E-state index contributed by atoms with van der Waals surface area (Å²) in [7, 11) is -2.10. The molecule has 2 rings (SSSR count). The van der Waals surface area contributed by atoms with Gasteiger partial charge in [0.15, 0.2) is 0 Å². The van der Waals surface area contributed by atoms with E-state index < -0.39 is 16.1 Å². The second-order valence-corrected chi connectivity index (χ2v) is 11.0. The van der Waals surface area contributed by atoms with Crippen LogP contribution in [0.4, 0.5) is 5.69 Å². The maximum atomic E-state index is 13.4. The van der Waals surface area contributed by atoms with Gasteiger partial charge in [-0.05, 0) is 79.6 Å². The Kier molecular flexibility index (Phi) is 8.82. The van der Waals surface area contributed by atoms with Crippen LogP contribution in [-0.2, 0) is 14.8 Å². The number of anilines is 1. The van der Waals surface area contributed by atoms with Crippen molar-refractivity contribution in [2.45, 2.75) is 66.0 Å². The summed E-state index contributed by atoms with van der Waals surface area (Å²) in [5.74, 6) is 0.698. The van der Waals surface area contributed by atoms with Gasteiger partial charge in [-0.2, -0.15) is 0 Å². The molecule has 0 aromatic heterocycles. The second-order valence-electron chi connectivity index (χ2n) is 8.75. The van der Waals surface area contributed by atoms with Gasteiger partial charge in [0.2, 0.25) is 15.9 Å². The molecule has 0 saturated heterocycles. The Bertz CT molecular complexity index is 1120. The molecule has 0 bridgehead atoms. The van der Waals surface area contributed by atoms with Gasteiger partial charge < -0.3 is 10.1 Å². The molecule has 0 heterocycles. The number of halogens is 1. The predicted octanol–water partition coefficient (Wildman–Crippen LogP) is 5.51. The molecule has 8 heteroatoms. The van der Waals surface area contributed by atoms with Crippen molar-refractivity contribution in [2.75, 3.05) is 17.7 Å². The maximum absolute atomic E-state index is 13.4. The Balaban J connectivity index is 2.44. The first kappa shape index (κ1) is 27.0. The van der Waals surface area contributed by atoms with E-state index in [1.54, 1.807) is 39.2 Å². The van der Waals surface area contributed by atoms with E-state index in [1.165, 1.54) is 4.31 Å². The zero-order valence-corrected chi connectivity index (χ0v) is 22.3. The molecule has 1 amide bonds. The highest BCUT2D eigenvalue weighted by molar-refractivity contribution is 7.92. The van der Waals surface area contributed by atoms with Crippen LogP contribution in [0.15, 0.2) is 30.3 Å². The van der Waals surface area contributed by atoms with Crippen molar-refractivity contribution in [3.05, 3.63) is 57.6 Å². The van der Waals surface area contributed by atoms with Crippen LogP contribution in [0.1, 0.15) is 68.3 Å². The van der Waals surface area contributed by atoms with Crippen molar-refractivity contribution in [1.29, 1.82) is 0 Å². The number of hydrogen-bond acceptors (Lipinski definition) is 4. The number of methoxy groups -OCH3 is 1. The highest BCUT2D eigenvalue weighted by Crippen LogP contribution is 2.33. The van der Waals surface area contributed by atoms with Crippen molar-refractivity contribution < 1.29 is 17.9 Å². The zero-order chi connectivity index (χ0) is 25.1. The van der Waals surface area contributed by atoms with Crippen LogP contribution in [0.3, 0.4) is 0 Å². The number of sulfonamides is 1. The van der Waals surface area contributed by atoms with Crippen molar-refractivity contribution in [3.63, 3.8) is 0 Å². The quantitative estimate of drug-likeness (QED) is 0.498. The number of aryl methyl sites for hydroxylation is 2. The van der Waals surface area contributed by atoms with E-state index in [4.69, 9.17) is 16.3 Å². The highest BCUT2D eigenvalue weighted by atomic mass is 35.5. The van der Waals surface area contributed by atoms with Crippen molar-refractivity contribution in [2.24, 2.45) is 0 Å². The largest absolute Gasteiger partial charge is 0.496 e. The minimum atomic E-state index is -3.75. The van der Waals surface area contributed by atoms with Gasteiger partial charge in [-0.1, -0.05) is 38.4 Å². The molecule has 1 N–H and O–H groups in total. The van der Waals surface area contributed by atoms with Gasteiger partial charge in [0, 0.05) is 5.02 Å². The van der Waals surface area contributed by atoms with E-state index in [-0.39, 0.29) is 17.9 Å². The minimum absolute atomic E-state index is 0.247. The molecular formula is C25H35ClN2O4S. The first-order valence-electron chi connectivity index (χ1n) is 11.1. The molecule has 0 fully saturated rings. The fraction of sp³-hybridized carbons (Fsp3) is 0.480. The lowest BCUT2D eigenvalue weighted by Gasteiger charge is -2.32. The van der Waals surface area contributed by atoms with Crippen LogP contribution in [0.5, 0.6) is 5.75 Å². The summed E-state index contributed by atoms with van der Waals surface area (Å²) in [6, 6.07) is 7.82. The summed E-state index contributed by atoms with van der Waals surface area (Å²) >= 11 is 6.15. The Morgan fingerprint density at radius 2 is 1.73 bits per heavy atom. The fourth-order valence-electron chi connectivity index (χ4n) is 4.05. The van der Waals surface area contributed by atoms with Gasteiger partial charge in [0.05, 0.1) is 25.1 Å². The molecule has 2 atom stereocenters. The topological polar surface area (TPSA) is 75.7 Å². The van der Waals surface area contributed by atoms with Gasteiger partial charge in [-0.3, -0.25) is 9.10 Å². The summed E-state index contributed by atoms with van der Waals surface area (Å²) in [6.07, 6.45) is 1.41. The van der Waals surface area contributed by atoms with Gasteiger partial charge in [0.1, 0.15) is 11.8 Å². The molecule has 2 aromatic carbocycles. The molecule has 0 radical (unpaired) electrons. The number of hydrogen-bond donors (Lipinski definition) is 1. The molecule has 182 valence electrons. The third-order valence-corrected chi connectivity index (χ3v) is 7.20. The molecule has 0 saturated carbocycles. The van der Waals surface area contributed by atoms with E-state index in [9.17, 15) is 13.2 Å². The lowest BCUT2D eigenvalue weighted by Crippen LogP contribution is -2.50. The van der Waals surface area contributed by atoms with Gasteiger partial charge >= 0.3 is 0 Å². The smallest absolute Gasteiger partial charge is 0.244 e. The monoisotopic (exact) mass is 494 g/mol. The first-order chi connectivity index (χ1) is 15.3. The normalized spacial score (nSPS) is 13.5. The van der Waals surface area contributed by atoms with Crippen LogP contribution in [0, 0.1) is 13.8 Å². The van der Waals surface area contributed by atoms with Crippen molar-refractivity contribution in [1.82, 2.24) is 5.32 Å². The standard InChI is InChI=1S/C25H35ClN2O4S/c1-9-22(28(33(8,30)31)23-13-19(26)11-10-16(23)4)25(29)27-18(6)21-14-20(15(2)3)24(32-7)12-17(21)5/h10-15,18,22H,9H2,1-8H3,(H,27,29)/t18-,22+/m0/s1. The molecule has 0 unspecified atom stereocenters. The van der Waals surface area contributed by atoms with Crippen molar-refractivity contribution >= 4 is 33.2 Å². The summed E-state index contributed by atoms with van der Waals surface area (Å²) < 4.78 is 32.3. The minimum Gasteiger partial charge on any atom is -0.496 e. The number of benzene rings is 2. The fourth-order valence-corrected chi connectivity index (χ4v) is 5.48. The molecule has 0 spiro atoms. The molecule has 0 aliphatic rings. The van der Waals surface area contributed by atoms with Gasteiger partial charge in [-0.15, -0.1) is 0 Å². The SMILES string of the molecule is CC[C@H](C(=O)N[C@@H](C)c1cc(C(C)C)c(OC)cc1C)N(c1cc(Cl)ccc1C)S(C)(=O)=O. The average Bonchev–Trinajstić information content (AvgIpc) is 2.72. The number of ether oxygens (including phenoxy) is 1. The van der Waals surface area contributed by atoms with Crippen LogP contribution in [0.25, 0.3) is 0 Å². The van der Waals surface area contributed by atoms with Crippen molar-refractivity contribution in [3.8, 4) is 5.75 Å². The van der Waals surface area contributed by atoms with E-state index in [1.807, 2.05) is 19.9 Å². The summed E-state index contributed by atoms with van der Waals surface area (Å²) in [4.78, 5) is 13.4. The molecule has 2 aromatic rings. The Hall–Kier alpha value is -2.25. The third-order valence-electron chi connectivity index (χ3n) is 5.80. The number of nitrogens with one attached hydrogen (secondary N) is 1. The van der Waals surface area contributed by atoms with Gasteiger partial charge in [-0.25, -0.2) is 8.42 Å². The van der Waals surface area contributed by atoms with E-state index in [0.29, 0.717) is 17.1 Å². The molecule has 6 nitrogen and oxygen atoms in total. The molecule has 0 aliphatic heterocycles. The Morgan fingerprint density at radius 3 is 2.24 bits per heavy atom. The van der Waals surface area contributed by atoms with E-state index in [2.05, 4.69) is 25.2 Å². The average molecular weight is 495 g/mol. The number of amides is 1. The van der Waals surface area contributed by atoms with E-state index in [0.717, 1.165) is 34.3 Å². The molecule has 33 heavy (non-hydrogen) atoms. The van der Waals surface area contributed by atoms with Crippen LogP contribution >= 0.6 is 11.6 Å². The number of carbonyl (C=O) groups is 1. The van der Waals surface area contributed by atoms with Gasteiger partial charge in [0.25, 0.3) is 0 Å².